The second-order valence-electron chi connectivity index (χ2n) is 6.94. The zero-order valence-corrected chi connectivity index (χ0v) is 16.7. The van der Waals surface area contributed by atoms with Crippen molar-refractivity contribution in [3.05, 3.63) is 56.8 Å². The quantitative estimate of drug-likeness (QED) is 0.668. The summed E-state index contributed by atoms with van der Waals surface area (Å²) in [4.78, 5) is 33.8. The Labute approximate surface area is 170 Å². The van der Waals surface area contributed by atoms with Crippen LogP contribution in [0, 0.1) is 0 Å². The van der Waals surface area contributed by atoms with Crippen molar-refractivity contribution in [3.8, 4) is 11.3 Å². The van der Waals surface area contributed by atoms with Crippen LogP contribution in [-0.2, 0) is 19.4 Å². The molecule has 28 heavy (non-hydrogen) atoms. The fraction of sp³-hybridized carbons (Fsp3) is 0.300. The highest BCUT2D eigenvalue weighted by Crippen LogP contribution is 2.29. The van der Waals surface area contributed by atoms with Gasteiger partial charge in [-0.15, -0.1) is 11.3 Å². The van der Waals surface area contributed by atoms with Gasteiger partial charge in [-0.1, -0.05) is 23.9 Å². The molecule has 1 aliphatic heterocycles. The van der Waals surface area contributed by atoms with Gasteiger partial charge in [0.1, 0.15) is 5.56 Å². The summed E-state index contributed by atoms with van der Waals surface area (Å²) in [7, 11) is 0. The van der Waals surface area contributed by atoms with Crippen LogP contribution in [-0.4, -0.2) is 26.2 Å². The average Bonchev–Trinajstić information content (AvgIpc) is 3.38. The molecule has 142 valence electrons. The Morgan fingerprint density at radius 3 is 2.93 bits per heavy atom. The van der Waals surface area contributed by atoms with E-state index in [0.717, 1.165) is 29.9 Å². The number of benzene rings is 1. The van der Waals surface area contributed by atoms with Gasteiger partial charge in [0.25, 0.3) is 11.5 Å². The van der Waals surface area contributed by atoms with Gasteiger partial charge in [0.15, 0.2) is 10.3 Å². The monoisotopic (exact) mass is 410 g/mol. The molecule has 0 unspecified atom stereocenters. The summed E-state index contributed by atoms with van der Waals surface area (Å²) in [6.45, 7) is 0.590. The van der Waals surface area contributed by atoms with Crippen LogP contribution in [0.1, 0.15) is 34.3 Å². The van der Waals surface area contributed by atoms with E-state index in [-0.39, 0.29) is 11.1 Å². The van der Waals surface area contributed by atoms with E-state index in [4.69, 9.17) is 0 Å². The number of hydrogen-bond acceptors (Lipinski definition) is 6. The minimum atomic E-state index is -0.462. The zero-order valence-electron chi connectivity index (χ0n) is 15.1. The number of nitrogens with zero attached hydrogens (tertiary/aromatic N) is 3. The summed E-state index contributed by atoms with van der Waals surface area (Å²) in [5.41, 5.74) is 4.50. The van der Waals surface area contributed by atoms with E-state index in [1.807, 2.05) is 5.38 Å². The van der Waals surface area contributed by atoms with Gasteiger partial charge in [0.2, 0.25) is 0 Å². The third-order valence-corrected chi connectivity index (χ3v) is 6.90. The summed E-state index contributed by atoms with van der Waals surface area (Å²) in [5.74, 6) is 0.347. The van der Waals surface area contributed by atoms with Gasteiger partial charge in [-0.25, -0.2) is 9.97 Å². The molecule has 0 bridgehead atoms. The van der Waals surface area contributed by atoms with Crippen LogP contribution in [0.3, 0.4) is 0 Å². The van der Waals surface area contributed by atoms with Crippen LogP contribution < -0.4 is 10.9 Å². The molecule has 0 fully saturated rings. The SMILES string of the molecule is O=C(Nc1nc(-c2ccc3c(c2)CCCC3)cs1)c1cnc2n(c1=O)CCS2. The number of rotatable bonds is 3. The molecule has 1 N–H and O–H groups in total. The second-order valence-corrected chi connectivity index (χ2v) is 8.86. The Hall–Kier alpha value is -2.45. The van der Waals surface area contributed by atoms with Crippen LogP contribution in [0.15, 0.2) is 39.7 Å². The molecule has 2 aliphatic rings. The average molecular weight is 411 g/mol. The van der Waals surface area contributed by atoms with Crippen molar-refractivity contribution >= 4 is 34.1 Å². The number of aryl methyl sites for hydroxylation is 2. The van der Waals surface area contributed by atoms with Crippen LogP contribution in [0.4, 0.5) is 5.13 Å². The Bertz CT molecular complexity index is 1140. The number of carbonyl (C=O) groups is 1. The third-order valence-electron chi connectivity index (χ3n) is 5.17. The number of hydrogen-bond donors (Lipinski definition) is 1. The Morgan fingerprint density at radius 1 is 1.18 bits per heavy atom. The van der Waals surface area contributed by atoms with Crippen LogP contribution >= 0.6 is 23.1 Å². The molecule has 0 radical (unpaired) electrons. The molecule has 1 aromatic carbocycles. The molecular weight excluding hydrogens is 392 g/mol. The van der Waals surface area contributed by atoms with E-state index < -0.39 is 5.91 Å². The first kappa shape index (κ1) is 17.6. The number of anilines is 1. The maximum Gasteiger partial charge on any atom is 0.267 e. The van der Waals surface area contributed by atoms with E-state index >= 15 is 0 Å². The zero-order chi connectivity index (χ0) is 19.1. The third kappa shape index (κ3) is 3.16. The van der Waals surface area contributed by atoms with Crippen molar-refractivity contribution in [1.29, 1.82) is 0 Å². The standard InChI is InChI=1S/C20H18N4O2S2/c25-17(15-10-21-20-24(18(15)26)7-8-27-20)23-19-22-16(11-28-19)14-6-5-12-3-1-2-4-13(12)9-14/h5-6,9-11H,1-4,7-8H2,(H,22,23,25). The fourth-order valence-electron chi connectivity index (χ4n) is 3.69. The number of thiazole rings is 1. The minimum absolute atomic E-state index is 0.0526. The highest BCUT2D eigenvalue weighted by molar-refractivity contribution is 7.99. The Kier molecular flexibility index (Phi) is 4.52. The normalized spacial score (nSPS) is 15.1. The molecule has 0 spiro atoms. The van der Waals surface area contributed by atoms with Crippen molar-refractivity contribution in [2.75, 3.05) is 11.1 Å². The van der Waals surface area contributed by atoms with Crippen molar-refractivity contribution in [2.45, 2.75) is 37.4 Å². The smallest absolute Gasteiger partial charge is 0.267 e. The van der Waals surface area contributed by atoms with Crippen molar-refractivity contribution < 1.29 is 4.79 Å². The lowest BCUT2D eigenvalue weighted by molar-refractivity contribution is 0.102. The van der Waals surface area contributed by atoms with Gasteiger partial charge in [-0.3, -0.25) is 19.5 Å². The number of amides is 1. The number of fused-ring (bicyclic) bond motifs is 2. The molecule has 3 heterocycles. The van der Waals surface area contributed by atoms with Gasteiger partial charge in [0, 0.05) is 29.4 Å². The predicted octanol–water partition coefficient (Wildman–Crippen LogP) is 3.60. The van der Waals surface area contributed by atoms with Crippen molar-refractivity contribution in [1.82, 2.24) is 14.5 Å². The summed E-state index contributed by atoms with van der Waals surface area (Å²) in [5, 5.41) is 5.84. The van der Waals surface area contributed by atoms with E-state index in [2.05, 4.69) is 33.5 Å². The maximum atomic E-state index is 12.6. The topological polar surface area (TPSA) is 76.9 Å². The van der Waals surface area contributed by atoms with Gasteiger partial charge in [-0.2, -0.15) is 0 Å². The lowest BCUT2D eigenvalue weighted by Crippen LogP contribution is -2.29. The molecule has 0 atom stereocenters. The molecule has 2 aromatic heterocycles. The Morgan fingerprint density at radius 2 is 2.04 bits per heavy atom. The van der Waals surface area contributed by atoms with Crippen molar-refractivity contribution in [2.24, 2.45) is 0 Å². The lowest BCUT2D eigenvalue weighted by Gasteiger charge is -2.16. The summed E-state index contributed by atoms with van der Waals surface area (Å²) in [6, 6.07) is 6.50. The van der Waals surface area contributed by atoms with E-state index in [0.29, 0.717) is 16.8 Å². The van der Waals surface area contributed by atoms with Gasteiger partial charge >= 0.3 is 0 Å². The number of aromatic nitrogens is 3. The summed E-state index contributed by atoms with van der Waals surface area (Å²) >= 11 is 2.89. The highest BCUT2D eigenvalue weighted by atomic mass is 32.2. The number of thioether (sulfide) groups is 1. The van der Waals surface area contributed by atoms with Gasteiger partial charge < -0.3 is 0 Å². The molecule has 0 saturated heterocycles. The molecule has 5 rings (SSSR count). The van der Waals surface area contributed by atoms with Gasteiger partial charge in [-0.05, 0) is 42.9 Å². The Balaban J connectivity index is 1.37. The van der Waals surface area contributed by atoms with E-state index in [1.54, 1.807) is 4.57 Å². The molecule has 6 nitrogen and oxygen atoms in total. The lowest BCUT2D eigenvalue weighted by atomic mass is 9.90. The molecule has 1 aliphatic carbocycles. The fourth-order valence-corrected chi connectivity index (χ4v) is 5.32. The van der Waals surface area contributed by atoms with Crippen molar-refractivity contribution in [3.63, 3.8) is 0 Å². The highest BCUT2D eigenvalue weighted by Gasteiger charge is 2.21. The van der Waals surface area contributed by atoms with Crippen LogP contribution in [0.2, 0.25) is 0 Å². The van der Waals surface area contributed by atoms with Gasteiger partial charge in [0.05, 0.1) is 5.69 Å². The molecule has 1 amide bonds. The summed E-state index contributed by atoms with van der Waals surface area (Å²) < 4.78 is 1.56. The molecule has 8 heteroatoms. The molecule has 3 aromatic rings. The van der Waals surface area contributed by atoms with Crippen LogP contribution in [0.5, 0.6) is 0 Å². The second kappa shape index (κ2) is 7.18. The first-order valence-electron chi connectivity index (χ1n) is 9.31. The van der Waals surface area contributed by atoms with E-state index in [9.17, 15) is 9.59 Å². The first-order valence-corrected chi connectivity index (χ1v) is 11.2. The number of nitrogens with one attached hydrogen (secondary N) is 1. The maximum absolute atomic E-state index is 12.6. The summed E-state index contributed by atoms with van der Waals surface area (Å²) in [6.07, 6.45) is 6.12. The van der Waals surface area contributed by atoms with E-state index in [1.165, 1.54) is 53.3 Å². The number of carbonyl (C=O) groups excluding carboxylic acids is 1. The largest absolute Gasteiger partial charge is 0.298 e. The predicted molar refractivity (Wildman–Crippen MR) is 111 cm³/mol. The van der Waals surface area contributed by atoms with Crippen LogP contribution in [0.25, 0.3) is 11.3 Å². The first-order chi connectivity index (χ1) is 13.7. The molecular formula is C20H18N4O2S2. The molecule has 0 saturated carbocycles. The minimum Gasteiger partial charge on any atom is -0.298 e.